The summed E-state index contributed by atoms with van der Waals surface area (Å²) in [5.41, 5.74) is -1.42. The van der Waals surface area contributed by atoms with E-state index in [9.17, 15) is 19.8 Å². The highest BCUT2D eigenvalue weighted by atomic mass is 16.6. The molecule has 2 saturated heterocycles. The second-order valence-electron chi connectivity index (χ2n) is 4.73. The highest BCUT2D eigenvalue weighted by molar-refractivity contribution is 5.96. The van der Waals surface area contributed by atoms with Crippen molar-refractivity contribution in [2.45, 2.75) is 43.8 Å². The van der Waals surface area contributed by atoms with E-state index in [0.717, 1.165) is 0 Å². The first-order valence-corrected chi connectivity index (χ1v) is 6.22. The lowest BCUT2D eigenvalue weighted by molar-refractivity contribution is -0.174. The summed E-state index contributed by atoms with van der Waals surface area (Å²) in [6, 6.07) is -0.664. The van der Waals surface area contributed by atoms with Gasteiger partial charge in [-0.25, -0.2) is 4.79 Å². The van der Waals surface area contributed by atoms with Gasteiger partial charge >= 0.3 is 6.03 Å². The standard InChI is InChI=1S/C11H18N2O6/c1-2-11(9(17)8(16)6(5-14)19-11)13-4-3-7(15)12-10(13)18/h6,8-9,14,16-17H,2-5H2,1H3,(H,12,15,18)/t6-,8-,9-,11-/m1/s1. The number of hydrogen-bond acceptors (Lipinski definition) is 6. The Labute approximate surface area is 110 Å². The Kier molecular flexibility index (Phi) is 3.77. The van der Waals surface area contributed by atoms with Gasteiger partial charge in [-0.3, -0.25) is 15.0 Å². The second-order valence-corrected chi connectivity index (χ2v) is 4.73. The monoisotopic (exact) mass is 274 g/mol. The summed E-state index contributed by atoms with van der Waals surface area (Å²) in [7, 11) is 0. The molecule has 0 spiro atoms. The Bertz CT molecular complexity index is 389. The van der Waals surface area contributed by atoms with Crippen LogP contribution in [0.3, 0.4) is 0 Å². The van der Waals surface area contributed by atoms with Gasteiger partial charge in [0.05, 0.1) is 6.61 Å². The first kappa shape index (κ1) is 14.2. The number of amides is 3. The fraction of sp³-hybridized carbons (Fsp3) is 0.818. The first-order valence-electron chi connectivity index (χ1n) is 6.22. The molecule has 4 N–H and O–H groups in total. The summed E-state index contributed by atoms with van der Waals surface area (Å²) in [6.45, 7) is 1.33. The number of nitrogens with one attached hydrogen (secondary N) is 1. The van der Waals surface area contributed by atoms with Gasteiger partial charge in [0, 0.05) is 13.0 Å². The van der Waals surface area contributed by atoms with E-state index in [1.54, 1.807) is 6.92 Å². The van der Waals surface area contributed by atoms with Crippen molar-refractivity contribution in [3.8, 4) is 0 Å². The molecule has 2 aliphatic heterocycles. The zero-order valence-corrected chi connectivity index (χ0v) is 10.6. The van der Waals surface area contributed by atoms with E-state index in [1.807, 2.05) is 0 Å². The molecular formula is C11H18N2O6. The number of urea groups is 1. The normalized spacial score (nSPS) is 39.6. The predicted octanol–water partition coefficient (Wildman–Crippen LogP) is -1.85. The maximum atomic E-state index is 11.9. The molecule has 0 aromatic rings. The number of aliphatic hydroxyl groups is 3. The van der Waals surface area contributed by atoms with E-state index in [0.29, 0.717) is 0 Å². The fourth-order valence-electron chi connectivity index (χ4n) is 2.65. The maximum Gasteiger partial charge on any atom is 0.326 e. The Morgan fingerprint density at radius 1 is 1.47 bits per heavy atom. The predicted molar refractivity (Wildman–Crippen MR) is 61.9 cm³/mol. The van der Waals surface area contributed by atoms with Crippen LogP contribution >= 0.6 is 0 Å². The van der Waals surface area contributed by atoms with Gasteiger partial charge in [-0.1, -0.05) is 6.92 Å². The van der Waals surface area contributed by atoms with Crippen LogP contribution in [-0.2, 0) is 9.53 Å². The van der Waals surface area contributed by atoms with E-state index >= 15 is 0 Å². The summed E-state index contributed by atoms with van der Waals surface area (Å²) in [4.78, 5) is 24.2. The topological polar surface area (TPSA) is 119 Å². The number of hydrogen-bond donors (Lipinski definition) is 4. The van der Waals surface area contributed by atoms with Crippen molar-refractivity contribution in [3.63, 3.8) is 0 Å². The molecule has 2 aliphatic rings. The lowest BCUT2D eigenvalue weighted by atomic mass is 9.97. The molecule has 8 nitrogen and oxygen atoms in total. The number of nitrogens with zero attached hydrogens (tertiary/aromatic N) is 1. The lowest BCUT2D eigenvalue weighted by Gasteiger charge is -2.43. The Morgan fingerprint density at radius 3 is 2.63 bits per heavy atom. The Morgan fingerprint density at radius 2 is 2.16 bits per heavy atom. The third-order valence-corrected chi connectivity index (χ3v) is 3.72. The summed E-state index contributed by atoms with van der Waals surface area (Å²) in [5.74, 6) is -0.390. The van der Waals surface area contributed by atoms with Crippen LogP contribution in [0.5, 0.6) is 0 Å². The van der Waals surface area contributed by atoms with Crippen LogP contribution < -0.4 is 5.32 Å². The minimum absolute atomic E-state index is 0.0977. The molecule has 2 rings (SSSR count). The molecule has 0 saturated carbocycles. The summed E-state index contributed by atoms with van der Waals surface area (Å²) in [6.07, 6.45) is -3.25. The maximum absolute atomic E-state index is 11.9. The average Bonchev–Trinajstić information content (AvgIpc) is 2.64. The molecule has 0 aliphatic carbocycles. The van der Waals surface area contributed by atoms with Crippen molar-refractivity contribution < 1.29 is 29.6 Å². The van der Waals surface area contributed by atoms with Crippen LogP contribution in [0.25, 0.3) is 0 Å². The van der Waals surface area contributed by atoms with Crippen molar-refractivity contribution in [1.82, 2.24) is 10.2 Å². The second kappa shape index (κ2) is 5.04. The Hall–Kier alpha value is -1.22. The van der Waals surface area contributed by atoms with E-state index < -0.39 is 36.7 Å². The van der Waals surface area contributed by atoms with Gasteiger partial charge in [-0.15, -0.1) is 0 Å². The molecule has 2 fully saturated rings. The van der Waals surface area contributed by atoms with Crippen LogP contribution in [0, 0.1) is 0 Å². The van der Waals surface area contributed by atoms with E-state index in [2.05, 4.69) is 5.32 Å². The average molecular weight is 274 g/mol. The third-order valence-electron chi connectivity index (χ3n) is 3.72. The zero-order valence-electron chi connectivity index (χ0n) is 10.6. The number of carbonyl (C=O) groups excluding carboxylic acids is 2. The number of aliphatic hydroxyl groups excluding tert-OH is 3. The quantitative estimate of drug-likeness (QED) is 0.479. The first-order chi connectivity index (χ1) is 8.96. The molecule has 3 amide bonds. The summed E-state index contributed by atoms with van der Waals surface area (Å²) < 4.78 is 5.52. The molecule has 8 heteroatoms. The number of carbonyl (C=O) groups is 2. The van der Waals surface area contributed by atoms with E-state index in [4.69, 9.17) is 9.84 Å². The molecule has 0 unspecified atom stereocenters. The van der Waals surface area contributed by atoms with E-state index in [1.165, 1.54) is 4.90 Å². The van der Waals surface area contributed by atoms with E-state index in [-0.39, 0.29) is 25.3 Å². The zero-order chi connectivity index (χ0) is 14.2. The molecule has 0 bridgehead atoms. The van der Waals surface area contributed by atoms with Crippen LogP contribution in [0.1, 0.15) is 19.8 Å². The molecule has 19 heavy (non-hydrogen) atoms. The number of imide groups is 1. The SMILES string of the molecule is CC[C@@]1(N2CCC(=O)NC2=O)O[C@H](CO)[C@@H](O)[C@H]1O. The molecule has 4 atom stereocenters. The molecule has 0 radical (unpaired) electrons. The highest BCUT2D eigenvalue weighted by Gasteiger charge is 2.58. The number of rotatable bonds is 3. The van der Waals surface area contributed by atoms with Crippen LogP contribution in [0.15, 0.2) is 0 Å². The summed E-state index contributed by atoms with van der Waals surface area (Å²) in [5, 5.41) is 31.3. The van der Waals surface area contributed by atoms with Crippen molar-refractivity contribution in [2.24, 2.45) is 0 Å². The molecule has 2 heterocycles. The van der Waals surface area contributed by atoms with Crippen LogP contribution in [0.2, 0.25) is 0 Å². The molecule has 0 aromatic heterocycles. The van der Waals surface area contributed by atoms with Crippen molar-refractivity contribution in [1.29, 1.82) is 0 Å². The van der Waals surface area contributed by atoms with Crippen LogP contribution in [-0.4, -0.2) is 69.3 Å². The van der Waals surface area contributed by atoms with Gasteiger partial charge < -0.3 is 20.1 Å². The molecular weight excluding hydrogens is 256 g/mol. The van der Waals surface area contributed by atoms with Crippen molar-refractivity contribution in [2.75, 3.05) is 13.2 Å². The smallest absolute Gasteiger partial charge is 0.326 e. The van der Waals surface area contributed by atoms with Crippen molar-refractivity contribution >= 4 is 11.9 Å². The van der Waals surface area contributed by atoms with Crippen molar-refractivity contribution in [3.05, 3.63) is 0 Å². The van der Waals surface area contributed by atoms with Gasteiger partial charge in [0.1, 0.15) is 18.3 Å². The van der Waals surface area contributed by atoms with Gasteiger partial charge in [0.25, 0.3) is 0 Å². The summed E-state index contributed by atoms with van der Waals surface area (Å²) >= 11 is 0. The number of ether oxygens (including phenoxy) is 1. The van der Waals surface area contributed by atoms with Gasteiger partial charge in [0.15, 0.2) is 5.72 Å². The van der Waals surface area contributed by atoms with Crippen LogP contribution in [0.4, 0.5) is 4.79 Å². The molecule has 0 aromatic carbocycles. The third kappa shape index (κ3) is 2.10. The molecule has 108 valence electrons. The van der Waals surface area contributed by atoms with Gasteiger partial charge in [0.2, 0.25) is 5.91 Å². The van der Waals surface area contributed by atoms with Gasteiger partial charge in [-0.2, -0.15) is 0 Å². The fourth-order valence-corrected chi connectivity index (χ4v) is 2.65. The lowest BCUT2D eigenvalue weighted by Crippen LogP contribution is -2.64. The van der Waals surface area contributed by atoms with Gasteiger partial charge in [-0.05, 0) is 6.42 Å². The Balaban J connectivity index is 2.28. The highest BCUT2D eigenvalue weighted by Crippen LogP contribution is 2.37. The minimum Gasteiger partial charge on any atom is -0.394 e. The largest absolute Gasteiger partial charge is 0.394 e. The minimum atomic E-state index is -1.42.